The fraction of sp³-hybridized carbons (Fsp3) is 0. The quantitative estimate of drug-likeness (QED) is 0.172. The van der Waals surface area contributed by atoms with Crippen LogP contribution in [0, 0.1) is 0 Å². The van der Waals surface area contributed by atoms with Crippen molar-refractivity contribution in [1.29, 1.82) is 0 Å². The van der Waals surface area contributed by atoms with Gasteiger partial charge in [-0.2, -0.15) is 0 Å². The normalized spacial score (nSPS) is 11.6. The average Bonchev–Trinajstić information content (AvgIpc) is 3.85. The lowest BCUT2D eigenvalue weighted by atomic mass is 9.89. The summed E-state index contributed by atoms with van der Waals surface area (Å²) in [5, 5.41) is 4.94. The van der Waals surface area contributed by atoms with Crippen molar-refractivity contribution in [1.82, 2.24) is 9.55 Å². The van der Waals surface area contributed by atoms with E-state index in [1.807, 2.05) is 6.07 Å². The summed E-state index contributed by atoms with van der Waals surface area (Å²) >= 11 is 0. The van der Waals surface area contributed by atoms with Gasteiger partial charge in [0.1, 0.15) is 5.52 Å². The summed E-state index contributed by atoms with van der Waals surface area (Å²) in [5.41, 5.74) is 15.5. The number of aromatic nitrogens is 2. The summed E-state index contributed by atoms with van der Waals surface area (Å²) in [4.78, 5) is 4.95. The summed E-state index contributed by atoms with van der Waals surface area (Å²) in [6, 6.07) is 73.5. The van der Waals surface area contributed by atoms with Crippen molar-refractivity contribution in [2.24, 2.45) is 0 Å². The van der Waals surface area contributed by atoms with Crippen LogP contribution in [0.4, 0.5) is 0 Å². The Kier molecular flexibility index (Phi) is 7.49. The lowest BCUT2D eigenvalue weighted by Crippen LogP contribution is -1.93. The molecule has 2 heterocycles. The van der Waals surface area contributed by atoms with Gasteiger partial charge in [-0.25, -0.2) is 4.98 Å². The standard InChI is InChI=1S/C53H34N2O/c1-2-15-40(16-3-1)55-50-24-11-10-22-47(50)48-33-38(29-31-51(48)55)44-19-7-9-21-46(44)45-20-8-6-18-42(45)36-25-27-37(28-26-36)53-54-49-34-39(30-32-52(49)56-53)43-23-12-14-35-13-4-5-17-41(35)43/h1-34H. The molecule has 0 spiro atoms. The van der Waals surface area contributed by atoms with E-state index in [0.717, 1.165) is 33.5 Å². The van der Waals surface area contributed by atoms with E-state index in [0.29, 0.717) is 5.89 Å². The Morgan fingerprint density at radius 3 is 1.71 bits per heavy atom. The molecule has 0 bridgehead atoms. The van der Waals surface area contributed by atoms with E-state index in [-0.39, 0.29) is 0 Å². The largest absolute Gasteiger partial charge is 0.436 e. The van der Waals surface area contributed by atoms with Gasteiger partial charge in [0, 0.05) is 22.0 Å². The van der Waals surface area contributed by atoms with Crippen molar-refractivity contribution >= 4 is 43.7 Å². The summed E-state index contributed by atoms with van der Waals surface area (Å²) in [6.45, 7) is 0. The van der Waals surface area contributed by atoms with E-state index in [2.05, 4.69) is 205 Å². The predicted octanol–water partition coefficient (Wildman–Crippen LogP) is 14.4. The molecule has 9 aromatic carbocycles. The Bertz CT molecular complexity index is 3240. The van der Waals surface area contributed by atoms with Crippen LogP contribution in [0.15, 0.2) is 211 Å². The molecule has 3 nitrogen and oxygen atoms in total. The Labute approximate surface area is 324 Å². The molecule has 11 rings (SSSR count). The third kappa shape index (κ3) is 5.32. The molecule has 0 atom stereocenters. The number of fused-ring (bicyclic) bond motifs is 5. The highest BCUT2D eigenvalue weighted by molar-refractivity contribution is 6.11. The smallest absolute Gasteiger partial charge is 0.227 e. The van der Waals surface area contributed by atoms with E-state index >= 15 is 0 Å². The van der Waals surface area contributed by atoms with Gasteiger partial charge in [-0.3, -0.25) is 0 Å². The molecular formula is C53H34N2O. The second-order valence-corrected chi connectivity index (χ2v) is 14.3. The minimum Gasteiger partial charge on any atom is -0.436 e. The summed E-state index contributed by atoms with van der Waals surface area (Å²) < 4.78 is 8.67. The monoisotopic (exact) mass is 714 g/mol. The third-order valence-electron chi connectivity index (χ3n) is 11.1. The van der Waals surface area contributed by atoms with E-state index in [9.17, 15) is 0 Å². The van der Waals surface area contributed by atoms with Crippen molar-refractivity contribution in [3.63, 3.8) is 0 Å². The van der Waals surface area contributed by atoms with E-state index in [4.69, 9.17) is 9.40 Å². The van der Waals surface area contributed by atoms with Crippen molar-refractivity contribution in [3.05, 3.63) is 206 Å². The van der Waals surface area contributed by atoms with Crippen LogP contribution in [0.3, 0.4) is 0 Å². The molecule has 56 heavy (non-hydrogen) atoms. The first kappa shape index (κ1) is 32.0. The summed E-state index contributed by atoms with van der Waals surface area (Å²) in [7, 11) is 0. The van der Waals surface area contributed by atoms with Crippen LogP contribution in [0.1, 0.15) is 0 Å². The van der Waals surface area contributed by atoms with Crippen LogP contribution >= 0.6 is 0 Å². The highest BCUT2D eigenvalue weighted by Crippen LogP contribution is 2.41. The molecule has 0 radical (unpaired) electrons. The van der Waals surface area contributed by atoms with E-state index in [1.165, 1.54) is 66.0 Å². The number of para-hydroxylation sites is 2. The molecular weight excluding hydrogens is 681 g/mol. The van der Waals surface area contributed by atoms with E-state index in [1.54, 1.807) is 0 Å². The van der Waals surface area contributed by atoms with Crippen molar-refractivity contribution < 1.29 is 4.42 Å². The zero-order chi connectivity index (χ0) is 37.0. The first-order chi connectivity index (χ1) is 27.8. The second kappa shape index (κ2) is 13.1. The third-order valence-corrected chi connectivity index (χ3v) is 11.1. The number of nitrogens with zero attached hydrogens (tertiary/aromatic N) is 2. The fourth-order valence-electron chi connectivity index (χ4n) is 8.42. The highest BCUT2D eigenvalue weighted by atomic mass is 16.3. The summed E-state index contributed by atoms with van der Waals surface area (Å²) in [6.07, 6.45) is 0. The van der Waals surface area contributed by atoms with Gasteiger partial charge < -0.3 is 8.98 Å². The molecule has 2 aromatic heterocycles. The lowest BCUT2D eigenvalue weighted by Gasteiger charge is -2.15. The molecule has 0 unspecified atom stereocenters. The maximum atomic E-state index is 6.31. The molecule has 0 aliphatic rings. The summed E-state index contributed by atoms with van der Waals surface area (Å²) in [5.74, 6) is 0.615. The fourth-order valence-corrected chi connectivity index (χ4v) is 8.42. The minimum atomic E-state index is 0.615. The molecule has 11 aromatic rings. The van der Waals surface area contributed by atoms with Crippen LogP contribution in [-0.2, 0) is 0 Å². The first-order valence-corrected chi connectivity index (χ1v) is 19.0. The van der Waals surface area contributed by atoms with Gasteiger partial charge in [0.25, 0.3) is 0 Å². The van der Waals surface area contributed by atoms with Gasteiger partial charge in [-0.15, -0.1) is 0 Å². The number of oxazole rings is 1. The van der Waals surface area contributed by atoms with Crippen LogP contribution in [0.2, 0.25) is 0 Å². The van der Waals surface area contributed by atoms with Gasteiger partial charge in [0.15, 0.2) is 5.58 Å². The molecule has 262 valence electrons. The molecule has 0 aliphatic carbocycles. The zero-order valence-electron chi connectivity index (χ0n) is 30.4. The topological polar surface area (TPSA) is 31.0 Å². The van der Waals surface area contributed by atoms with Gasteiger partial charge in [0.2, 0.25) is 5.89 Å². The van der Waals surface area contributed by atoms with Crippen LogP contribution < -0.4 is 0 Å². The molecule has 0 N–H and O–H groups in total. The molecule has 0 amide bonds. The molecule has 0 saturated heterocycles. The number of rotatable bonds is 6. The Hall–Kier alpha value is -7.49. The molecule has 0 aliphatic heterocycles. The lowest BCUT2D eigenvalue weighted by molar-refractivity contribution is 0.620. The van der Waals surface area contributed by atoms with Gasteiger partial charge in [-0.1, -0.05) is 152 Å². The average molecular weight is 715 g/mol. The minimum absolute atomic E-state index is 0.615. The van der Waals surface area contributed by atoms with E-state index < -0.39 is 0 Å². The molecule has 3 heteroatoms. The van der Waals surface area contributed by atoms with Gasteiger partial charge >= 0.3 is 0 Å². The SMILES string of the molecule is c1ccc(-n2c3ccccc3c3cc(-c4ccccc4-c4ccccc4-c4ccc(-c5nc6cc(-c7cccc8ccccc78)ccc6o5)cc4)ccc32)cc1. The van der Waals surface area contributed by atoms with Gasteiger partial charge in [-0.05, 0) is 110 Å². The number of hydrogen-bond acceptors (Lipinski definition) is 2. The number of benzene rings is 9. The predicted molar refractivity (Wildman–Crippen MR) is 233 cm³/mol. The van der Waals surface area contributed by atoms with Crippen LogP contribution in [-0.4, -0.2) is 9.55 Å². The van der Waals surface area contributed by atoms with Crippen LogP contribution in [0.25, 0.3) is 105 Å². The highest BCUT2D eigenvalue weighted by Gasteiger charge is 2.17. The number of hydrogen-bond donors (Lipinski definition) is 0. The van der Waals surface area contributed by atoms with Gasteiger partial charge in [0.05, 0.1) is 11.0 Å². The molecule has 0 fully saturated rings. The zero-order valence-corrected chi connectivity index (χ0v) is 30.4. The van der Waals surface area contributed by atoms with Crippen molar-refractivity contribution in [2.45, 2.75) is 0 Å². The Balaban J connectivity index is 0.951. The first-order valence-electron chi connectivity index (χ1n) is 19.0. The maximum absolute atomic E-state index is 6.31. The van der Waals surface area contributed by atoms with Crippen molar-refractivity contribution in [2.75, 3.05) is 0 Å². The maximum Gasteiger partial charge on any atom is 0.227 e. The second-order valence-electron chi connectivity index (χ2n) is 14.3. The Morgan fingerprint density at radius 2 is 0.911 bits per heavy atom. The van der Waals surface area contributed by atoms with Crippen molar-refractivity contribution in [3.8, 4) is 61.6 Å². The molecule has 0 saturated carbocycles. The van der Waals surface area contributed by atoms with Crippen LogP contribution in [0.5, 0.6) is 0 Å². The Morgan fingerprint density at radius 1 is 0.357 bits per heavy atom.